The molecule has 10 heteroatoms. The predicted octanol–water partition coefficient (Wildman–Crippen LogP) is 5.31. The first-order valence-corrected chi connectivity index (χ1v) is 13.6. The van der Waals surface area contributed by atoms with Crippen molar-refractivity contribution in [1.82, 2.24) is 29.9 Å². The summed E-state index contributed by atoms with van der Waals surface area (Å²) in [5, 5.41) is 13.6. The highest BCUT2D eigenvalue weighted by atomic mass is 32.1. The number of fused-ring (bicyclic) bond motifs is 3. The number of nitrogens with zero attached hydrogens (tertiary/aromatic N) is 7. The molecule has 3 aromatic heterocycles. The second kappa shape index (κ2) is 9.09. The van der Waals surface area contributed by atoms with Crippen LogP contribution in [-0.2, 0) is 4.74 Å². The van der Waals surface area contributed by atoms with Gasteiger partial charge in [-0.3, -0.25) is 0 Å². The summed E-state index contributed by atoms with van der Waals surface area (Å²) in [4.78, 5) is 21.6. The summed E-state index contributed by atoms with van der Waals surface area (Å²) in [6.07, 6.45) is 7.37. The molecular formula is C27H31N7O2S. The smallest absolute Gasteiger partial charge is 0.410 e. The highest BCUT2D eigenvalue weighted by Gasteiger charge is 2.46. The summed E-state index contributed by atoms with van der Waals surface area (Å²) >= 11 is 1.59. The Balaban J connectivity index is 1.19. The van der Waals surface area contributed by atoms with E-state index in [2.05, 4.69) is 38.3 Å². The molecule has 6 rings (SSSR count). The minimum atomic E-state index is -0.480. The van der Waals surface area contributed by atoms with E-state index >= 15 is 0 Å². The SMILES string of the molecule is CN(c1ccc(-c2ccc(-n3cccn3)c3ncsc23)nn1)C1CC2CCC(C1)N2C(=O)OC(C)(C)C. The van der Waals surface area contributed by atoms with Crippen molar-refractivity contribution >= 4 is 33.5 Å². The molecule has 192 valence electrons. The van der Waals surface area contributed by atoms with Crippen LogP contribution < -0.4 is 4.90 Å². The van der Waals surface area contributed by atoms with Crippen LogP contribution in [0, 0.1) is 0 Å². The van der Waals surface area contributed by atoms with Gasteiger partial charge in [-0.1, -0.05) is 0 Å². The van der Waals surface area contributed by atoms with Crippen molar-refractivity contribution in [2.24, 2.45) is 0 Å². The highest BCUT2D eigenvalue weighted by molar-refractivity contribution is 7.17. The zero-order valence-electron chi connectivity index (χ0n) is 21.5. The van der Waals surface area contributed by atoms with Crippen molar-refractivity contribution in [3.05, 3.63) is 48.2 Å². The molecule has 2 unspecified atom stereocenters. The van der Waals surface area contributed by atoms with Crippen LogP contribution in [0.3, 0.4) is 0 Å². The maximum atomic E-state index is 12.8. The fourth-order valence-electron chi connectivity index (χ4n) is 5.66. The van der Waals surface area contributed by atoms with Crippen LogP contribution in [-0.4, -0.2) is 66.7 Å². The molecule has 2 atom stereocenters. The largest absolute Gasteiger partial charge is 0.444 e. The van der Waals surface area contributed by atoms with Crippen molar-refractivity contribution in [2.45, 2.75) is 70.2 Å². The number of hydrogen-bond acceptors (Lipinski definition) is 8. The lowest BCUT2D eigenvalue weighted by Crippen LogP contribution is -2.53. The highest BCUT2D eigenvalue weighted by Crippen LogP contribution is 2.39. The lowest BCUT2D eigenvalue weighted by Gasteiger charge is -2.42. The van der Waals surface area contributed by atoms with E-state index in [9.17, 15) is 4.79 Å². The Bertz CT molecular complexity index is 1400. The molecule has 1 amide bonds. The van der Waals surface area contributed by atoms with Crippen molar-refractivity contribution < 1.29 is 9.53 Å². The van der Waals surface area contributed by atoms with E-state index in [4.69, 9.17) is 4.74 Å². The molecule has 0 aliphatic carbocycles. The Morgan fingerprint density at radius 3 is 2.54 bits per heavy atom. The van der Waals surface area contributed by atoms with Gasteiger partial charge >= 0.3 is 6.09 Å². The molecule has 2 aliphatic heterocycles. The van der Waals surface area contributed by atoms with Gasteiger partial charge in [0.2, 0.25) is 0 Å². The first-order valence-electron chi connectivity index (χ1n) is 12.7. The normalized spacial score (nSPS) is 21.4. The first kappa shape index (κ1) is 23.8. The van der Waals surface area contributed by atoms with E-state index < -0.39 is 5.60 Å². The van der Waals surface area contributed by atoms with E-state index in [0.29, 0.717) is 6.04 Å². The number of thiazole rings is 1. The summed E-state index contributed by atoms with van der Waals surface area (Å²) < 4.78 is 8.58. The lowest BCUT2D eigenvalue weighted by atomic mass is 9.96. The van der Waals surface area contributed by atoms with Gasteiger partial charge < -0.3 is 14.5 Å². The van der Waals surface area contributed by atoms with Crippen LogP contribution in [0.25, 0.3) is 27.2 Å². The predicted molar refractivity (Wildman–Crippen MR) is 144 cm³/mol. The maximum absolute atomic E-state index is 12.8. The van der Waals surface area contributed by atoms with Crippen LogP contribution in [0.5, 0.6) is 0 Å². The summed E-state index contributed by atoms with van der Waals surface area (Å²) in [6, 6.07) is 10.8. The van der Waals surface area contributed by atoms with Crippen LogP contribution in [0.4, 0.5) is 10.6 Å². The number of rotatable bonds is 4. The third-order valence-corrected chi connectivity index (χ3v) is 8.22. The maximum Gasteiger partial charge on any atom is 0.410 e. The number of anilines is 1. The number of benzene rings is 1. The van der Waals surface area contributed by atoms with Gasteiger partial charge in [0, 0.05) is 43.1 Å². The van der Waals surface area contributed by atoms with E-state index in [1.807, 2.05) is 66.3 Å². The molecule has 2 fully saturated rings. The summed E-state index contributed by atoms with van der Waals surface area (Å²) in [7, 11) is 2.08. The molecule has 0 spiro atoms. The Morgan fingerprint density at radius 1 is 1.11 bits per heavy atom. The van der Waals surface area contributed by atoms with Gasteiger partial charge in [-0.05, 0) is 76.8 Å². The van der Waals surface area contributed by atoms with Gasteiger partial charge in [-0.2, -0.15) is 5.10 Å². The number of carbonyl (C=O) groups excluding carboxylic acids is 1. The molecule has 2 bridgehead atoms. The minimum Gasteiger partial charge on any atom is -0.444 e. The first-order chi connectivity index (χ1) is 17.8. The summed E-state index contributed by atoms with van der Waals surface area (Å²) in [6.45, 7) is 5.76. The summed E-state index contributed by atoms with van der Waals surface area (Å²) in [5.74, 6) is 0.840. The molecule has 37 heavy (non-hydrogen) atoms. The average Bonchev–Trinajstić information content (AvgIpc) is 3.62. The van der Waals surface area contributed by atoms with Gasteiger partial charge in [-0.25, -0.2) is 14.5 Å². The third-order valence-electron chi connectivity index (χ3n) is 7.36. The van der Waals surface area contributed by atoms with Crippen molar-refractivity contribution in [1.29, 1.82) is 0 Å². The van der Waals surface area contributed by atoms with E-state index in [1.54, 1.807) is 17.5 Å². The number of ether oxygens (including phenoxy) is 1. The van der Waals surface area contributed by atoms with Crippen molar-refractivity contribution in [3.8, 4) is 16.9 Å². The third kappa shape index (κ3) is 4.43. The lowest BCUT2D eigenvalue weighted by molar-refractivity contribution is 0.00597. The van der Waals surface area contributed by atoms with Crippen LogP contribution in [0.1, 0.15) is 46.5 Å². The number of piperidine rings is 1. The van der Waals surface area contributed by atoms with E-state index in [-0.39, 0.29) is 18.2 Å². The Kier molecular flexibility index (Phi) is 5.86. The Labute approximate surface area is 220 Å². The van der Waals surface area contributed by atoms with Gasteiger partial charge in [0.1, 0.15) is 11.1 Å². The number of aromatic nitrogens is 5. The van der Waals surface area contributed by atoms with Crippen molar-refractivity contribution in [2.75, 3.05) is 11.9 Å². The average molecular weight is 518 g/mol. The zero-order valence-corrected chi connectivity index (χ0v) is 22.4. The topological polar surface area (TPSA) is 89.3 Å². The standard InChI is InChI=1S/C27H31N7O2S/c1-27(2,3)36-26(35)34-17-6-7-18(34)15-19(14-17)32(4)23-11-9-21(30-31-23)20-8-10-22(33-13-5-12-29-33)24-25(20)37-16-28-24/h5,8-13,16-19H,6-7,14-15H2,1-4H3. The van der Waals surface area contributed by atoms with Gasteiger partial charge in [0.05, 0.1) is 21.6 Å². The van der Waals surface area contributed by atoms with Crippen molar-refractivity contribution in [3.63, 3.8) is 0 Å². The van der Waals surface area contributed by atoms with E-state index in [0.717, 1.165) is 58.7 Å². The Morgan fingerprint density at radius 2 is 1.89 bits per heavy atom. The zero-order chi connectivity index (χ0) is 25.7. The molecule has 5 heterocycles. The number of carbonyl (C=O) groups is 1. The second-order valence-corrected chi connectivity index (χ2v) is 11.8. The van der Waals surface area contributed by atoms with Gasteiger partial charge in [0.15, 0.2) is 5.82 Å². The monoisotopic (exact) mass is 517 g/mol. The fraction of sp³-hybridized carbons (Fsp3) is 0.444. The molecule has 0 N–H and O–H groups in total. The van der Waals surface area contributed by atoms with Gasteiger partial charge in [-0.15, -0.1) is 21.5 Å². The Hall–Kier alpha value is -3.53. The quantitative estimate of drug-likeness (QED) is 0.363. The molecule has 2 saturated heterocycles. The van der Waals surface area contributed by atoms with Crippen LogP contribution in [0.15, 0.2) is 48.2 Å². The summed E-state index contributed by atoms with van der Waals surface area (Å²) in [5.41, 5.74) is 5.06. The van der Waals surface area contributed by atoms with Crippen LogP contribution >= 0.6 is 11.3 Å². The van der Waals surface area contributed by atoms with E-state index in [1.165, 1.54) is 0 Å². The molecule has 0 saturated carbocycles. The molecule has 4 aromatic rings. The fourth-order valence-corrected chi connectivity index (χ4v) is 6.49. The van der Waals surface area contributed by atoms with Crippen LogP contribution in [0.2, 0.25) is 0 Å². The molecule has 9 nitrogen and oxygen atoms in total. The molecule has 2 aliphatic rings. The molecule has 0 radical (unpaired) electrons. The number of hydrogen-bond donors (Lipinski definition) is 0. The molecular weight excluding hydrogens is 486 g/mol. The number of amides is 1. The molecule has 1 aromatic carbocycles. The minimum absolute atomic E-state index is 0.182. The second-order valence-electron chi connectivity index (χ2n) is 10.9. The van der Waals surface area contributed by atoms with Gasteiger partial charge in [0.25, 0.3) is 0 Å².